The highest BCUT2D eigenvalue weighted by atomic mass is 16.5. The molecule has 0 spiro atoms. The summed E-state index contributed by atoms with van der Waals surface area (Å²) in [4.78, 5) is 0. The van der Waals surface area contributed by atoms with Crippen LogP contribution in [0.2, 0.25) is 0 Å². The highest BCUT2D eigenvalue weighted by molar-refractivity contribution is 5.29. The molecule has 0 unspecified atom stereocenters. The second kappa shape index (κ2) is 4.31. The molecule has 0 aromatic heterocycles. The molecule has 0 heterocycles. The molecule has 2 nitrogen and oxygen atoms in total. The summed E-state index contributed by atoms with van der Waals surface area (Å²) >= 11 is 0. The number of allylic oxidation sites excluding steroid dienone is 3. The Morgan fingerprint density at radius 2 is 2.25 bits per heavy atom. The first-order valence-electron chi connectivity index (χ1n) is 4.50. The van der Waals surface area contributed by atoms with Crippen LogP contribution in [0, 0.1) is 0 Å². The molecule has 1 rings (SSSR count). The van der Waals surface area contributed by atoms with Gasteiger partial charge < -0.3 is 10.5 Å². The molecule has 0 saturated carbocycles. The van der Waals surface area contributed by atoms with Crippen LogP contribution in [-0.4, -0.2) is 13.2 Å². The van der Waals surface area contributed by atoms with Crippen LogP contribution < -0.4 is 5.73 Å². The van der Waals surface area contributed by atoms with Crippen LogP contribution >= 0.6 is 0 Å². The molecule has 0 fully saturated rings. The van der Waals surface area contributed by atoms with E-state index in [2.05, 4.69) is 13.0 Å². The van der Waals surface area contributed by atoms with Crippen molar-refractivity contribution >= 4 is 0 Å². The average molecular weight is 167 g/mol. The summed E-state index contributed by atoms with van der Waals surface area (Å²) in [5, 5.41) is 0. The van der Waals surface area contributed by atoms with Gasteiger partial charge in [-0.25, -0.2) is 0 Å². The minimum atomic E-state index is 0.677. The molecule has 1 aliphatic carbocycles. The van der Waals surface area contributed by atoms with Gasteiger partial charge in [-0.2, -0.15) is 0 Å². The smallest absolute Gasteiger partial charge is 0.0991 e. The van der Waals surface area contributed by atoms with Crippen molar-refractivity contribution in [2.45, 2.75) is 26.7 Å². The molecule has 0 aliphatic heterocycles. The van der Waals surface area contributed by atoms with Gasteiger partial charge in [0, 0.05) is 13.0 Å². The molecular weight excluding hydrogens is 150 g/mol. The average Bonchev–Trinajstić information content (AvgIpc) is 2.09. The SMILES string of the molecule is CCOC1=C(C)C=C(CN)CC1. The van der Waals surface area contributed by atoms with Crippen molar-refractivity contribution in [3.8, 4) is 0 Å². The Hall–Kier alpha value is -0.760. The van der Waals surface area contributed by atoms with E-state index < -0.39 is 0 Å². The number of rotatable bonds is 3. The maximum atomic E-state index is 5.55. The molecule has 12 heavy (non-hydrogen) atoms. The second-order valence-corrected chi connectivity index (χ2v) is 3.05. The van der Waals surface area contributed by atoms with Crippen LogP contribution in [0.5, 0.6) is 0 Å². The van der Waals surface area contributed by atoms with Crippen molar-refractivity contribution in [3.63, 3.8) is 0 Å². The lowest BCUT2D eigenvalue weighted by atomic mass is 9.99. The van der Waals surface area contributed by atoms with Gasteiger partial charge in [-0.15, -0.1) is 0 Å². The van der Waals surface area contributed by atoms with Crippen LogP contribution in [-0.2, 0) is 4.74 Å². The Morgan fingerprint density at radius 1 is 1.50 bits per heavy atom. The van der Waals surface area contributed by atoms with Crippen molar-refractivity contribution in [3.05, 3.63) is 23.0 Å². The van der Waals surface area contributed by atoms with Crippen LogP contribution in [0.4, 0.5) is 0 Å². The second-order valence-electron chi connectivity index (χ2n) is 3.05. The monoisotopic (exact) mass is 167 g/mol. The van der Waals surface area contributed by atoms with E-state index in [1.165, 1.54) is 11.1 Å². The molecule has 0 aromatic carbocycles. The highest BCUT2D eigenvalue weighted by Gasteiger charge is 2.09. The first kappa shape index (κ1) is 9.33. The third kappa shape index (κ3) is 2.11. The topological polar surface area (TPSA) is 35.2 Å². The van der Waals surface area contributed by atoms with E-state index in [9.17, 15) is 0 Å². The van der Waals surface area contributed by atoms with Gasteiger partial charge in [-0.05, 0) is 25.8 Å². The minimum absolute atomic E-state index is 0.677. The van der Waals surface area contributed by atoms with E-state index in [4.69, 9.17) is 10.5 Å². The zero-order chi connectivity index (χ0) is 8.97. The Morgan fingerprint density at radius 3 is 2.75 bits per heavy atom. The summed E-state index contributed by atoms with van der Waals surface area (Å²) in [6.07, 6.45) is 4.22. The standard InChI is InChI=1S/C10H17NO/c1-3-12-10-5-4-9(7-11)6-8(10)2/h6H,3-5,7,11H2,1-2H3. The Bertz CT molecular complexity index is 216. The van der Waals surface area contributed by atoms with E-state index in [0.29, 0.717) is 6.54 Å². The van der Waals surface area contributed by atoms with Gasteiger partial charge in [0.25, 0.3) is 0 Å². The van der Waals surface area contributed by atoms with Gasteiger partial charge >= 0.3 is 0 Å². The quantitative estimate of drug-likeness (QED) is 0.697. The number of ether oxygens (including phenoxy) is 1. The fourth-order valence-corrected chi connectivity index (χ4v) is 1.45. The molecule has 1 aliphatic rings. The Balaban J connectivity index is 2.69. The molecule has 0 radical (unpaired) electrons. The predicted octanol–water partition coefficient (Wildman–Crippen LogP) is 1.98. The molecule has 2 heteroatoms. The van der Waals surface area contributed by atoms with Crippen LogP contribution in [0.1, 0.15) is 26.7 Å². The summed E-state index contributed by atoms with van der Waals surface area (Å²) in [5.74, 6) is 1.13. The van der Waals surface area contributed by atoms with Crippen LogP contribution in [0.25, 0.3) is 0 Å². The summed E-state index contributed by atoms with van der Waals surface area (Å²) in [5.41, 5.74) is 8.12. The molecule has 0 saturated heterocycles. The fraction of sp³-hybridized carbons (Fsp3) is 0.600. The highest BCUT2D eigenvalue weighted by Crippen LogP contribution is 2.23. The van der Waals surface area contributed by atoms with Crippen LogP contribution in [0.15, 0.2) is 23.0 Å². The van der Waals surface area contributed by atoms with Crippen LogP contribution in [0.3, 0.4) is 0 Å². The zero-order valence-corrected chi connectivity index (χ0v) is 7.89. The van der Waals surface area contributed by atoms with Gasteiger partial charge in [-0.3, -0.25) is 0 Å². The third-order valence-electron chi connectivity index (χ3n) is 2.11. The van der Waals surface area contributed by atoms with E-state index in [-0.39, 0.29) is 0 Å². The number of nitrogens with two attached hydrogens (primary N) is 1. The first-order valence-corrected chi connectivity index (χ1v) is 4.50. The molecule has 2 N–H and O–H groups in total. The van der Waals surface area contributed by atoms with Gasteiger partial charge in [0.15, 0.2) is 0 Å². The lowest BCUT2D eigenvalue weighted by Crippen LogP contribution is -2.08. The number of hydrogen-bond acceptors (Lipinski definition) is 2. The molecule has 0 aromatic rings. The van der Waals surface area contributed by atoms with Gasteiger partial charge in [0.05, 0.1) is 12.4 Å². The van der Waals surface area contributed by atoms with Crippen molar-refractivity contribution < 1.29 is 4.74 Å². The van der Waals surface area contributed by atoms with E-state index in [1.54, 1.807) is 0 Å². The fourth-order valence-electron chi connectivity index (χ4n) is 1.45. The molecule has 68 valence electrons. The molecule has 0 bridgehead atoms. The van der Waals surface area contributed by atoms with Crippen molar-refractivity contribution in [2.24, 2.45) is 5.73 Å². The van der Waals surface area contributed by atoms with Crippen molar-refractivity contribution in [2.75, 3.05) is 13.2 Å². The van der Waals surface area contributed by atoms with Gasteiger partial charge in [0.2, 0.25) is 0 Å². The molecule has 0 atom stereocenters. The Kier molecular flexibility index (Phi) is 3.35. The molecular formula is C10H17NO. The van der Waals surface area contributed by atoms with Crippen molar-refractivity contribution in [1.29, 1.82) is 0 Å². The maximum absolute atomic E-state index is 5.55. The van der Waals surface area contributed by atoms with E-state index in [0.717, 1.165) is 25.2 Å². The summed E-state index contributed by atoms with van der Waals surface area (Å²) in [6.45, 7) is 5.54. The van der Waals surface area contributed by atoms with Gasteiger partial charge in [0.1, 0.15) is 0 Å². The zero-order valence-electron chi connectivity index (χ0n) is 7.89. The summed E-state index contributed by atoms with van der Waals surface area (Å²) in [6, 6.07) is 0. The van der Waals surface area contributed by atoms with Gasteiger partial charge in [-0.1, -0.05) is 11.6 Å². The molecule has 0 amide bonds. The first-order chi connectivity index (χ1) is 5.77. The number of hydrogen-bond donors (Lipinski definition) is 1. The third-order valence-corrected chi connectivity index (χ3v) is 2.11. The minimum Gasteiger partial charge on any atom is -0.498 e. The summed E-state index contributed by atoms with van der Waals surface area (Å²) in [7, 11) is 0. The van der Waals surface area contributed by atoms with Crippen molar-refractivity contribution in [1.82, 2.24) is 0 Å². The largest absolute Gasteiger partial charge is 0.498 e. The summed E-state index contributed by atoms with van der Waals surface area (Å²) < 4.78 is 5.48. The maximum Gasteiger partial charge on any atom is 0.0991 e. The predicted molar refractivity (Wildman–Crippen MR) is 50.7 cm³/mol. The van der Waals surface area contributed by atoms with E-state index >= 15 is 0 Å². The van der Waals surface area contributed by atoms with E-state index in [1.807, 2.05) is 6.92 Å². The lowest BCUT2D eigenvalue weighted by Gasteiger charge is -2.17. The lowest BCUT2D eigenvalue weighted by molar-refractivity contribution is 0.214. The normalized spacial score (nSPS) is 17.8. The Labute approximate surface area is 74.1 Å².